The van der Waals surface area contributed by atoms with E-state index in [0.29, 0.717) is 31.2 Å². The minimum atomic E-state index is -0.664. The second kappa shape index (κ2) is 13.5. The molecule has 0 aliphatic carbocycles. The van der Waals surface area contributed by atoms with E-state index in [0.717, 1.165) is 16.7 Å². The number of benzene rings is 3. The van der Waals surface area contributed by atoms with Crippen molar-refractivity contribution in [2.75, 3.05) is 13.2 Å². The molecule has 0 aliphatic rings. The number of carbonyl (C=O) groups excluding carboxylic acids is 2. The highest BCUT2D eigenvalue weighted by Gasteiger charge is 2.30. The van der Waals surface area contributed by atoms with E-state index in [2.05, 4.69) is 33.0 Å². The summed E-state index contributed by atoms with van der Waals surface area (Å²) in [6.45, 7) is 9.04. The van der Waals surface area contributed by atoms with Crippen molar-refractivity contribution in [3.05, 3.63) is 102 Å². The molecule has 1 atom stereocenters. The number of nitrogens with zero attached hydrogens (tertiary/aromatic N) is 1. The first-order chi connectivity index (χ1) is 17.3. The van der Waals surface area contributed by atoms with Gasteiger partial charge in [0.25, 0.3) is 5.91 Å². The van der Waals surface area contributed by atoms with Crippen molar-refractivity contribution < 1.29 is 14.3 Å². The van der Waals surface area contributed by atoms with Gasteiger partial charge in [-0.15, -0.1) is 0 Å². The molecule has 0 aromatic heterocycles. The van der Waals surface area contributed by atoms with Crippen LogP contribution >= 0.6 is 0 Å². The molecule has 190 valence electrons. The molecular formula is C31H38N2O3. The van der Waals surface area contributed by atoms with Gasteiger partial charge in [0.2, 0.25) is 5.91 Å². The van der Waals surface area contributed by atoms with Crippen LogP contribution in [0.15, 0.2) is 84.9 Å². The fourth-order valence-corrected chi connectivity index (χ4v) is 4.07. The summed E-state index contributed by atoms with van der Waals surface area (Å²) in [5, 5.41) is 3.05. The Morgan fingerprint density at radius 2 is 1.39 bits per heavy atom. The third-order valence-electron chi connectivity index (χ3n) is 6.04. The lowest BCUT2D eigenvalue weighted by Crippen LogP contribution is -2.52. The molecule has 1 N–H and O–H groups in total. The summed E-state index contributed by atoms with van der Waals surface area (Å²) in [6.07, 6.45) is 0.423. The maximum atomic E-state index is 13.7. The summed E-state index contributed by atoms with van der Waals surface area (Å²) in [5.41, 5.74) is 3.01. The second-order valence-corrected chi connectivity index (χ2v) is 9.83. The minimum absolute atomic E-state index is 0.140. The Morgan fingerprint density at radius 1 is 0.806 bits per heavy atom. The number of para-hydroxylation sites is 1. The second-order valence-electron chi connectivity index (χ2n) is 9.83. The maximum absolute atomic E-state index is 13.7. The maximum Gasteiger partial charge on any atom is 0.261 e. The van der Waals surface area contributed by atoms with Gasteiger partial charge >= 0.3 is 0 Å². The molecule has 36 heavy (non-hydrogen) atoms. The van der Waals surface area contributed by atoms with Crippen LogP contribution in [0.1, 0.15) is 50.3 Å². The first kappa shape index (κ1) is 27.0. The molecule has 0 saturated carbocycles. The van der Waals surface area contributed by atoms with Crippen molar-refractivity contribution in [1.82, 2.24) is 10.2 Å². The fourth-order valence-electron chi connectivity index (χ4n) is 4.07. The van der Waals surface area contributed by atoms with E-state index in [1.807, 2.05) is 84.9 Å². The van der Waals surface area contributed by atoms with Crippen LogP contribution < -0.4 is 10.1 Å². The average molecular weight is 487 g/mol. The first-order valence-corrected chi connectivity index (χ1v) is 12.7. The Hall–Kier alpha value is -3.60. The van der Waals surface area contributed by atoms with Gasteiger partial charge in [-0.2, -0.15) is 0 Å². The summed E-state index contributed by atoms with van der Waals surface area (Å²) in [5.74, 6) is 0.895. The zero-order chi connectivity index (χ0) is 25.9. The molecular weight excluding hydrogens is 448 g/mol. The van der Waals surface area contributed by atoms with E-state index in [4.69, 9.17) is 4.74 Å². The molecule has 0 bridgehead atoms. The van der Waals surface area contributed by atoms with Gasteiger partial charge < -0.3 is 15.0 Å². The molecule has 3 aromatic carbocycles. The van der Waals surface area contributed by atoms with E-state index in [-0.39, 0.29) is 24.3 Å². The van der Waals surface area contributed by atoms with E-state index < -0.39 is 6.04 Å². The lowest BCUT2D eigenvalue weighted by atomic mass is 10.0. The molecule has 0 heterocycles. The fraction of sp³-hybridized carbons (Fsp3) is 0.355. The van der Waals surface area contributed by atoms with Crippen LogP contribution in [-0.2, 0) is 22.6 Å². The number of nitrogens with one attached hydrogen (secondary N) is 1. The summed E-state index contributed by atoms with van der Waals surface area (Å²) in [6, 6.07) is 26.7. The predicted octanol–water partition coefficient (Wildman–Crippen LogP) is 5.60. The predicted molar refractivity (Wildman–Crippen MR) is 145 cm³/mol. The van der Waals surface area contributed by atoms with E-state index in [9.17, 15) is 9.59 Å². The molecule has 0 unspecified atom stereocenters. The third kappa shape index (κ3) is 7.98. The SMILES string of the molecule is CC(C)CNC(=O)[C@H](Cc1ccccc1)N(Cc1ccccc1)C(=O)COc1ccccc1C(C)C. The van der Waals surface area contributed by atoms with Crippen LogP contribution in [0.2, 0.25) is 0 Å². The van der Waals surface area contributed by atoms with Gasteiger partial charge in [-0.05, 0) is 34.6 Å². The Morgan fingerprint density at radius 3 is 2.00 bits per heavy atom. The van der Waals surface area contributed by atoms with Gasteiger partial charge in [0.05, 0.1) is 0 Å². The van der Waals surface area contributed by atoms with Crippen LogP contribution in [0.3, 0.4) is 0 Å². The number of amides is 2. The van der Waals surface area contributed by atoms with Crippen molar-refractivity contribution in [2.45, 2.75) is 52.6 Å². The van der Waals surface area contributed by atoms with E-state index in [1.165, 1.54) is 0 Å². The Labute approximate surface area is 215 Å². The highest BCUT2D eigenvalue weighted by atomic mass is 16.5. The molecule has 3 aromatic rings. The quantitative estimate of drug-likeness (QED) is 0.362. The Kier molecular flexibility index (Phi) is 10.1. The third-order valence-corrected chi connectivity index (χ3v) is 6.04. The molecule has 0 aliphatic heterocycles. The van der Waals surface area contributed by atoms with Crippen molar-refractivity contribution in [3.63, 3.8) is 0 Å². The molecule has 0 saturated heterocycles. The van der Waals surface area contributed by atoms with Gasteiger partial charge in [-0.1, -0.05) is 107 Å². The van der Waals surface area contributed by atoms with Crippen LogP contribution in [0, 0.1) is 5.92 Å². The lowest BCUT2D eigenvalue weighted by Gasteiger charge is -2.32. The van der Waals surface area contributed by atoms with Gasteiger partial charge in [-0.3, -0.25) is 9.59 Å². The van der Waals surface area contributed by atoms with Crippen molar-refractivity contribution in [3.8, 4) is 5.75 Å². The van der Waals surface area contributed by atoms with Gasteiger partial charge in [0, 0.05) is 19.5 Å². The number of hydrogen-bond donors (Lipinski definition) is 1. The highest BCUT2D eigenvalue weighted by Crippen LogP contribution is 2.26. The first-order valence-electron chi connectivity index (χ1n) is 12.7. The molecule has 3 rings (SSSR count). The lowest BCUT2D eigenvalue weighted by molar-refractivity contribution is -0.142. The van der Waals surface area contributed by atoms with Gasteiger partial charge in [-0.25, -0.2) is 0 Å². The average Bonchev–Trinajstić information content (AvgIpc) is 2.89. The van der Waals surface area contributed by atoms with Crippen molar-refractivity contribution >= 4 is 11.8 Å². The van der Waals surface area contributed by atoms with Gasteiger partial charge in [0.1, 0.15) is 11.8 Å². The minimum Gasteiger partial charge on any atom is -0.483 e. The zero-order valence-electron chi connectivity index (χ0n) is 21.8. The van der Waals surface area contributed by atoms with Crippen LogP contribution in [0.4, 0.5) is 0 Å². The summed E-state index contributed by atoms with van der Waals surface area (Å²) in [7, 11) is 0. The molecule has 0 fully saturated rings. The highest BCUT2D eigenvalue weighted by molar-refractivity contribution is 5.88. The van der Waals surface area contributed by atoms with E-state index in [1.54, 1.807) is 4.90 Å². The molecule has 5 nitrogen and oxygen atoms in total. The number of carbonyl (C=O) groups is 2. The Balaban J connectivity index is 1.89. The smallest absolute Gasteiger partial charge is 0.261 e. The van der Waals surface area contributed by atoms with Crippen molar-refractivity contribution in [2.24, 2.45) is 5.92 Å². The molecule has 5 heteroatoms. The normalized spacial score (nSPS) is 11.8. The van der Waals surface area contributed by atoms with Crippen LogP contribution in [0.5, 0.6) is 5.75 Å². The summed E-state index contributed by atoms with van der Waals surface area (Å²) >= 11 is 0. The largest absolute Gasteiger partial charge is 0.483 e. The van der Waals surface area contributed by atoms with Crippen molar-refractivity contribution in [1.29, 1.82) is 0 Å². The zero-order valence-corrected chi connectivity index (χ0v) is 21.8. The van der Waals surface area contributed by atoms with E-state index >= 15 is 0 Å². The summed E-state index contributed by atoms with van der Waals surface area (Å²) in [4.78, 5) is 28.8. The number of hydrogen-bond acceptors (Lipinski definition) is 3. The summed E-state index contributed by atoms with van der Waals surface area (Å²) < 4.78 is 6.03. The number of ether oxygens (including phenoxy) is 1. The van der Waals surface area contributed by atoms with Gasteiger partial charge in [0.15, 0.2) is 6.61 Å². The number of rotatable bonds is 12. The Bertz CT molecular complexity index is 1100. The topological polar surface area (TPSA) is 58.6 Å². The monoisotopic (exact) mass is 486 g/mol. The molecule has 0 spiro atoms. The standard InChI is InChI=1S/C31H38N2O3/c1-23(2)20-32-31(35)28(19-25-13-7-5-8-14-25)33(21-26-15-9-6-10-16-26)30(34)22-36-29-18-12-11-17-27(29)24(3)4/h5-18,23-24,28H,19-22H2,1-4H3,(H,32,35)/t28-/m0/s1. The molecule has 0 radical (unpaired) electrons. The van der Waals surface area contributed by atoms with Crippen LogP contribution in [0.25, 0.3) is 0 Å². The molecule has 2 amide bonds. The van der Waals surface area contributed by atoms with Crippen LogP contribution in [-0.4, -0.2) is 35.9 Å².